The highest BCUT2D eigenvalue weighted by Gasteiger charge is 2.08. The molecular formula is C22H22N4O2. The van der Waals surface area contributed by atoms with Crippen LogP contribution in [0, 0.1) is 0 Å². The van der Waals surface area contributed by atoms with E-state index in [9.17, 15) is 9.59 Å². The molecule has 0 aliphatic carbocycles. The molecule has 3 aromatic rings. The highest BCUT2D eigenvalue weighted by molar-refractivity contribution is 6.05. The second kappa shape index (κ2) is 8.73. The van der Waals surface area contributed by atoms with Crippen LogP contribution in [0.2, 0.25) is 0 Å². The van der Waals surface area contributed by atoms with Crippen LogP contribution in [-0.2, 0) is 0 Å². The number of carbonyl (C=O) groups is 2. The van der Waals surface area contributed by atoms with Crippen LogP contribution in [0.1, 0.15) is 10.4 Å². The van der Waals surface area contributed by atoms with Crippen LogP contribution in [0.4, 0.5) is 27.5 Å². The zero-order chi connectivity index (χ0) is 19.9. The summed E-state index contributed by atoms with van der Waals surface area (Å²) in [5.41, 5.74) is 3.52. The Labute approximate surface area is 164 Å². The monoisotopic (exact) mass is 374 g/mol. The zero-order valence-electron chi connectivity index (χ0n) is 15.8. The van der Waals surface area contributed by atoms with Gasteiger partial charge in [-0.2, -0.15) is 0 Å². The van der Waals surface area contributed by atoms with Gasteiger partial charge in [-0.3, -0.25) is 4.79 Å². The van der Waals surface area contributed by atoms with E-state index < -0.39 is 0 Å². The summed E-state index contributed by atoms with van der Waals surface area (Å²) in [6.45, 7) is 0. The number of hydrogen-bond acceptors (Lipinski definition) is 3. The summed E-state index contributed by atoms with van der Waals surface area (Å²) in [5.74, 6) is -0.189. The topological polar surface area (TPSA) is 73.5 Å². The first-order valence-electron chi connectivity index (χ1n) is 8.83. The van der Waals surface area contributed by atoms with Crippen molar-refractivity contribution in [3.63, 3.8) is 0 Å². The third-order valence-corrected chi connectivity index (χ3v) is 4.06. The number of nitrogens with zero attached hydrogens (tertiary/aromatic N) is 1. The minimum atomic E-state index is -0.330. The molecule has 0 spiro atoms. The first-order chi connectivity index (χ1) is 13.5. The Hall–Kier alpha value is -3.80. The first-order valence-corrected chi connectivity index (χ1v) is 8.83. The molecule has 0 bridgehead atoms. The number of benzene rings is 3. The van der Waals surface area contributed by atoms with Crippen molar-refractivity contribution in [3.05, 3.63) is 84.4 Å². The van der Waals surface area contributed by atoms with Crippen molar-refractivity contribution in [3.8, 4) is 0 Å². The van der Waals surface area contributed by atoms with Crippen LogP contribution in [0.5, 0.6) is 0 Å². The molecule has 0 fully saturated rings. The Balaban J connectivity index is 1.59. The van der Waals surface area contributed by atoms with Gasteiger partial charge in [0.1, 0.15) is 0 Å². The van der Waals surface area contributed by atoms with Gasteiger partial charge in [0.25, 0.3) is 5.91 Å². The Morgan fingerprint density at radius 1 is 0.679 bits per heavy atom. The number of nitrogens with one attached hydrogen (secondary N) is 3. The van der Waals surface area contributed by atoms with E-state index in [1.807, 2.05) is 67.5 Å². The summed E-state index contributed by atoms with van der Waals surface area (Å²) in [7, 11) is 3.85. The molecule has 0 atom stereocenters. The van der Waals surface area contributed by atoms with Gasteiger partial charge >= 0.3 is 6.03 Å². The predicted molar refractivity (Wildman–Crippen MR) is 114 cm³/mol. The van der Waals surface area contributed by atoms with E-state index in [1.54, 1.807) is 30.3 Å². The lowest BCUT2D eigenvalue weighted by Crippen LogP contribution is -2.19. The van der Waals surface area contributed by atoms with Crippen LogP contribution in [0.15, 0.2) is 78.9 Å². The fraction of sp³-hybridized carbons (Fsp3) is 0.0909. The minimum Gasteiger partial charge on any atom is -0.378 e. The maximum absolute atomic E-state index is 12.4. The van der Waals surface area contributed by atoms with E-state index in [0.717, 1.165) is 5.69 Å². The fourth-order valence-electron chi connectivity index (χ4n) is 2.58. The molecule has 0 aromatic heterocycles. The summed E-state index contributed by atoms with van der Waals surface area (Å²) in [5, 5.41) is 8.36. The lowest BCUT2D eigenvalue weighted by molar-refractivity contribution is 0.102. The number of urea groups is 1. The summed E-state index contributed by atoms with van der Waals surface area (Å²) < 4.78 is 0. The summed E-state index contributed by atoms with van der Waals surface area (Å²) in [6, 6.07) is 23.2. The van der Waals surface area contributed by atoms with Crippen molar-refractivity contribution < 1.29 is 9.59 Å². The minimum absolute atomic E-state index is 0.189. The Kier molecular flexibility index (Phi) is 5.91. The van der Waals surface area contributed by atoms with E-state index in [-0.39, 0.29) is 11.9 Å². The molecule has 0 saturated heterocycles. The molecule has 0 heterocycles. The van der Waals surface area contributed by atoms with Gasteiger partial charge in [0.05, 0.1) is 0 Å². The van der Waals surface area contributed by atoms with Crippen LogP contribution in [0.3, 0.4) is 0 Å². The third-order valence-electron chi connectivity index (χ3n) is 4.06. The Morgan fingerprint density at radius 3 is 1.86 bits per heavy atom. The van der Waals surface area contributed by atoms with Crippen LogP contribution >= 0.6 is 0 Å². The molecule has 3 rings (SSSR count). The van der Waals surface area contributed by atoms with Gasteiger partial charge in [-0.15, -0.1) is 0 Å². The quantitative estimate of drug-likeness (QED) is 0.609. The Bertz CT molecular complexity index is 954. The SMILES string of the molecule is CN(C)c1cccc(C(=O)Nc2ccc(NC(=O)Nc3ccccc3)cc2)c1. The molecule has 3 N–H and O–H groups in total. The third kappa shape index (κ3) is 5.11. The molecule has 6 nitrogen and oxygen atoms in total. The van der Waals surface area contributed by atoms with Crippen molar-refractivity contribution in [2.75, 3.05) is 34.9 Å². The van der Waals surface area contributed by atoms with Gasteiger partial charge in [0, 0.05) is 42.4 Å². The molecule has 142 valence electrons. The van der Waals surface area contributed by atoms with Gasteiger partial charge in [0.15, 0.2) is 0 Å². The number of para-hydroxylation sites is 1. The fourth-order valence-corrected chi connectivity index (χ4v) is 2.58. The summed E-state index contributed by atoms with van der Waals surface area (Å²) >= 11 is 0. The molecule has 0 aliphatic heterocycles. The number of amides is 3. The largest absolute Gasteiger partial charge is 0.378 e. The molecule has 3 aromatic carbocycles. The Morgan fingerprint density at radius 2 is 1.25 bits per heavy atom. The van der Waals surface area contributed by atoms with Gasteiger partial charge in [-0.25, -0.2) is 4.79 Å². The van der Waals surface area contributed by atoms with Gasteiger partial charge in [-0.1, -0.05) is 24.3 Å². The maximum atomic E-state index is 12.4. The molecule has 6 heteroatoms. The second-order valence-electron chi connectivity index (χ2n) is 6.42. The van der Waals surface area contributed by atoms with E-state index in [4.69, 9.17) is 0 Å². The van der Waals surface area contributed by atoms with Crippen molar-refractivity contribution in [2.45, 2.75) is 0 Å². The van der Waals surface area contributed by atoms with Crippen molar-refractivity contribution in [1.82, 2.24) is 0 Å². The van der Waals surface area contributed by atoms with Gasteiger partial charge in [0.2, 0.25) is 0 Å². The molecule has 0 radical (unpaired) electrons. The number of rotatable bonds is 5. The second-order valence-corrected chi connectivity index (χ2v) is 6.42. The van der Waals surface area contributed by atoms with E-state index >= 15 is 0 Å². The van der Waals surface area contributed by atoms with Crippen molar-refractivity contribution >= 4 is 34.7 Å². The lowest BCUT2D eigenvalue weighted by atomic mass is 10.1. The molecule has 28 heavy (non-hydrogen) atoms. The lowest BCUT2D eigenvalue weighted by Gasteiger charge is -2.13. The number of hydrogen-bond donors (Lipinski definition) is 3. The smallest absolute Gasteiger partial charge is 0.323 e. The predicted octanol–water partition coefficient (Wildman–Crippen LogP) is 4.65. The zero-order valence-corrected chi connectivity index (χ0v) is 15.8. The van der Waals surface area contributed by atoms with Crippen molar-refractivity contribution in [1.29, 1.82) is 0 Å². The highest BCUT2D eigenvalue weighted by atomic mass is 16.2. The normalized spacial score (nSPS) is 10.1. The van der Waals surface area contributed by atoms with Crippen LogP contribution in [0.25, 0.3) is 0 Å². The standard InChI is InChI=1S/C22H22N4O2/c1-26(2)20-10-6-7-16(15-20)21(27)23-18-11-13-19(14-12-18)25-22(28)24-17-8-4-3-5-9-17/h3-15H,1-2H3,(H,23,27)(H2,24,25,28). The molecular weight excluding hydrogens is 352 g/mol. The summed E-state index contributed by atoms with van der Waals surface area (Å²) in [4.78, 5) is 26.4. The van der Waals surface area contributed by atoms with E-state index in [1.165, 1.54) is 0 Å². The first kappa shape index (κ1) is 19.0. The molecule has 0 saturated carbocycles. The maximum Gasteiger partial charge on any atom is 0.323 e. The highest BCUT2D eigenvalue weighted by Crippen LogP contribution is 2.17. The molecule has 3 amide bonds. The molecule has 0 aliphatic rings. The van der Waals surface area contributed by atoms with Crippen LogP contribution in [-0.4, -0.2) is 26.0 Å². The molecule has 0 unspecified atom stereocenters. The number of carbonyl (C=O) groups excluding carboxylic acids is 2. The van der Waals surface area contributed by atoms with Gasteiger partial charge < -0.3 is 20.9 Å². The summed E-state index contributed by atoms with van der Waals surface area (Å²) in [6.07, 6.45) is 0. The van der Waals surface area contributed by atoms with E-state index in [2.05, 4.69) is 16.0 Å². The average Bonchev–Trinajstić information content (AvgIpc) is 2.70. The van der Waals surface area contributed by atoms with Gasteiger partial charge in [-0.05, 0) is 54.6 Å². The number of anilines is 4. The van der Waals surface area contributed by atoms with E-state index in [0.29, 0.717) is 22.6 Å². The average molecular weight is 374 g/mol. The van der Waals surface area contributed by atoms with Crippen LogP contribution < -0.4 is 20.9 Å². The van der Waals surface area contributed by atoms with Crippen molar-refractivity contribution in [2.24, 2.45) is 0 Å².